The van der Waals surface area contributed by atoms with Crippen molar-refractivity contribution in [2.45, 2.75) is 38.3 Å². The fourth-order valence-electron chi connectivity index (χ4n) is 2.42. The van der Waals surface area contributed by atoms with Gasteiger partial charge in [0.25, 0.3) is 10.0 Å². The van der Waals surface area contributed by atoms with Crippen LogP contribution < -0.4 is 0 Å². The smallest absolute Gasteiger partial charge is 0.307 e. The fraction of sp³-hybridized carbons (Fsp3) is 0.667. The third kappa shape index (κ3) is 2.71. The molecule has 0 aliphatic carbocycles. The topological polar surface area (TPSA) is 92.5 Å². The Kier molecular flexibility index (Phi) is 4.14. The molecule has 0 aromatic carbocycles. The zero-order chi connectivity index (χ0) is 14.9. The van der Waals surface area contributed by atoms with Crippen LogP contribution in [0.25, 0.3) is 0 Å². The van der Waals surface area contributed by atoms with Gasteiger partial charge in [-0.3, -0.25) is 4.79 Å². The maximum atomic E-state index is 12.5. The first-order valence-corrected chi connectivity index (χ1v) is 8.07. The SMILES string of the molecule is CCn1cc(S(=O)(=O)N2CCC[C@@H](C(=O)O)C2)nc1C. The number of imidazole rings is 1. The average Bonchev–Trinajstić information content (AvgIpc) is 2.81. The lowest BCUT2D eigenvalue weighted by Crippen LogP contribution is -2.42. The minimum atomic E-state index is -3.70. The van der Waals surface area contributed by atoms with Gasteiger partial charge in [0.1, 0.15) is 5.82 Å². The van der Waals surface area contributed by atoms with Gasteiger partial charge in [0.15, 0.2) is 5.03 Å². The fourth-order valence-corrected chi connectivity index (χ4v) is 3.94. The zero-order valence-electron chi connectivity index (χ0n) is 11.6. The first kappa shape index (κ1) is 15.0. The number of piperidine rings is 1. The van der Waals surface area contributed by atoms with E-state index in [1.54, 1.807) is 11.5 Å². The Hall–Kier alpha value is -1.41. The average molecular weight is 301 g/mol. The van der Waals surface area contributed by atoms with Crippen molar-refractivity contribution in [2.75, 3.05) is 13.1 Å². The minimum Gasteiger partial charge on any atom is -0.481 e. The first-order chi connectivity index (χ1) is 9.36. The molecule has 0 saturated carbocycles. The van der Waals surface area contributed by atoms with E-state index in [9.17, 15) is 13.2 Å². The second kappa shape index (κ2) is 5.53. The third-order valence-electron chi connectivity index (χ3n) is 3.63. The molecule has 20 heavy (non-hydrogen) atoms. The second-order valence-electron chi connectivity index (χ2n) is 4.95. The Morgan fingerprint density at radius 2 is 2.25 bits per heavy atom. The molecule has 2 rings (SSSR count). The minimum absolute atomic E-state index is 0.00267. The first-order valence-electron chi connectivity index (χ1n) is 6.63. The Labute approximate surface area is 118 Å². The molecule has 1 aliphatic heterocycles. The lowest BCUT2D eigenvalue weighted by molar-refractivity contribution is -0.142. The summed E-state index contributed by atoms with van der Waals surface area (Å²) in [6.07, 6.45) is 2.59. The largest absolute Gasteiger partial charge is 0.481 e. The summed E-state index contributed by atoms with van der Waals surface area (Å²) in [5, 5.41) is 9.04. The molecular formula is C12H19N3O4S. The van der Waals surface area contributed by atoms with Gasteiger partial charge in [-0.25, -0.2) is 13.4 Å². The van der Waals surface area contributed by atoms with Gasteiger partial charge < -0.3 is 9.67 Å². The Morgan fingerprint density at radius 1 is 1.55 bits per heavy atom. The van der Waals surface area contributed by atoms with Crippen LogP contribution in [-0.4, -0.2) is 46.4 Å². The van der Waals surface area contributed by atoms with Crippen LogP contribution in [0.4, 0.5) is 0 Å². The third-order valence-corrected chi connectivity index (χ3v) is 5.37. The Morgan fingerprint density at radius 3 is 2.80 bits per heavy atom. The highest BCUT2D eigenvalue weighted by atomic mass is 32.2. The number of rotatable bonds is 4. The summed E-state index contributed by atoms with van der Waals surface area (Å²) < 4.78 is 28.0. The van der Waals surface area contributed by atoms with Crippen LogP contribution in [0.2, 0.25) is 0 Å². The number of aromatic nitrogens is 2. The quantitative estimate of drug-likeness (QED) is 0.883. The number of hydrogen-bond donors (Lipinski definition) is 1. The molecular weight excluding hydrogens is 282 g/mol. The summed E-state index contributed by atoms with van der Waals surface area (Å²) in [5.41, 5.74) is 0. The van der Waals surface area contributed by atoms with Crippen LogP contribution >= 0.6 is 0 Å². The Bertz CT molecular complexity index is 608. The van der Waals surface area contributed by atoms with Crippen LogP contribution in [0, 0.1) is 12.8 Å². The Balaban J connectivity index is 2.27. The van der Waals surface area contributed by atoms with E-state index in [1.165, 1.54) is 10.5 Å². The van der Waals surface area contributed by atoms with E-state index in [0.717, 1.165) is 0 Å². The van der Waals surface area contributed by atoms with E-state index in [1.807, 2.05) is 6.92 Å². The lowest BCUT2D eigenvalue weighted by atomic mass is 10.0. The molecule has 7 nitrogen and oxygen atoms in total. The van der Waals surface area contributed by atoms with Crippen molar-refractivity contribution in [1.29, 1.82) is 0 Å². The predicted molar refractivity (Wildman–Crippen MR) is 71.8 cm³/mol. The van der Waals surface area contributed by atoms with Crippen LogP contribution in [-0.2, 0) is 21.4 Å². The van der Waals surface area contributed by atoms with Crippen molar-refractivity contribution in [3.63, 3.8) is 0 Å². The predicted octanol–water partition coefficient (Wildman–Crippen LogP) is 0.697. The summed E-state index contributed by atoms with van der Waals surface area (Å²) in [6.45, 7) is 4.68. The highest BCUT2D eigenvalue weighted by Gasteiger charge is 2.34. The summed E-state index contributed by atoms with van der Waals surface area (Å²) in [7, 11) is -3.70. The van der Waals surface area contributed by atoms with Gasteiger partial charge in [0.05, 0.1) is 5.92 Å². The number of sulfonamides is 1. The highest BCUT2D eigenvalue weighted by Crippen LogP contribution is 2.23. The molecule has 1 N–H and O–H groups in total. The molecule has 1 aromatic rings. The summed E-state index contributed by atoms with van der Waals surface area (Å²) in [4.78, 5) is 15.1. The maximum absolute atomic E-state index is 12.5. The van der Waals surface area contributed by atoms with Gasteiger partial charge in [0, 0.05) is 25.8 Å². The lowest BCUT2D eigenvalue weighted by Gasteiger charge is -2.29. The molecule has 1 atom stereocenters. The molecule has 8 heteroatoms. The van der Waals surface area contributed by atoms with E-state index in [-0.39, 0.29) is 11.6 Å². The summed E-state index contributed by atoms with van der Waals surface area (Å²) in [5.74, 6) is -0.939. The van der Waals surface area contributed by atoms with Crippen LogP contribution in [0.3, 0.4) is 0 Å². The van der Waals surface area contributed by atoms with Crippen LogP contribution in [0.15, 0.2) is 11.2 Å². The molecule has 1 saturated heterocycles. The number of carboxylic acids is 1. The van der Waals surface area contributed by atoms with E-state index < -0.39 is 21.9 Å². The summed E-state index contributed by atoms with van der Waals surface area (Å²) >= 11 is 0. The number of nitrogens with zero attached hydrogens (tertiary/aromatic N) is 3. The number of aliphatic carboxylic acids is 1. The van der Waals surface area contributed by atoms with Crippen LogP contribution in [0.5, 0.6) is 0 Å². The molecule has 0 spiro atoms. The highest BCUT2D eigenvalue weighted by molar-refractivity contribution is 7.89. The summed E-state index contributed by atoms with van der Waals surface area (Å²) in [6, 6.07) is 0. The van der Waals surface area contributed by atoms with Crippen molar-refractivity contribution in [1.82, 2.24) is 13.9 Å². The molecule has 0 radical (unpaired) electrons. The number of hydrogen-bond acceptors (Lipinski definition) is 4. The van der Waals surface area contributed by atoms with Gasteiger partial charge in [-0.1, -0.05) is 0 Å². The van der Waals surface area contributed by atoms with Crippen molar-refractivity contribution in [3.8, 4) is 0 Å². The van der Waals surface area contributed by atoms with Gasteiger partial charge in [-0.2, -0.15) is 4.31 Å². The van der Waals surface area contributed by atoms with Gasteiger partial charge >= 0.3 is 5.97 Å². The van der Waals surface area contributed by atoms with Gasteiger partial charge in [0.2, 0.25) is 0 Å². The maximum Gasteiger partial charge on any atom is 0.307 e. The van der Waals surface area contributed by atoms with Crippen molar-refractivity contribution in [3.05, 3.63) is 12.0 Å². The van der Waals surface area contributed by atoms with Crippen LogP contribution in [0.1, 0.15) is 25.6 Å². The zero-order valence-corrected chi connectivity index (χ0v) is 12.4. The van der Waals surface area contributed by atoms with Crippen molar-refractivity contribution in [2.24, 2.45) is 5.92 Å². The van der Waals surface area contributed by atoms with Gasteiger partial charge in [-0.05, 0) is 26.7 Å². The molecule has 1 fully saturated rings. The number of aryl methyl sites for hydroxylation is 2. The molecule has 112 valence electrons. The molecule has 2 heterocycles. The number of carboxylic acid groups (broad SMARTS) is 1. The monoisotopic (exact) mass is 301 g/mol. The van der Waals surface area contributed by atoms with Gasteiger partial charge in [-0.15, -0.1) is 0 Å². The van der Waals surface area contributed by atoms with Crippen molar-refractivity contribution >= 4 is 16.0 Å². The molecule has 0 unspecified atom stereocenters. The van der Waals surface area contributed by atoms with E-state index in [2.05, 4.69) is 4.98 Å². The molecule has 0 amide bonds. The second-order valence-corrected chi connectivity index (χ2v) is 6.84. The normalized spacial score (nSPS) is 21.0. The number of carbonyl (C=O) groups is 1. The van der Waals surface area contributed by atoms with E-state index in [0.29, 0.717) is 31.8 Å². The standard InChI is InChI=1S/C12H19N3O4S/c1-3-14-8-11(13-9(14)2)20(18,19)15-6-4-5-10(7-15)12(16)17/h8,10H,3-7H2,1-2H3,(H,16,17)/t10-/m1/s1. The van der Waals surface area contributed by atoms with E-state index in [4.69, 9.17) is 5.11 Å². The molecule has 1 aliphatic rings. The van der Waals surface area contributed by atoms with E-state index >= 15 is 0 Å². The van der Waals surface area contributed by atoms with Crippen molar-refractivity contribution < 1.29 is 18.3 Å². The molecule has 0 bridgehead atoms. The molecule has 1 aromatic heterocycles.